The molecule has 1 aromatic rings. The van der Waals surface area contributed by atoms with E-state index in [0.717, 1.165) is 0 Å². The lowest BCUT2D eigenvalue weighted by Gasteiger charge is -2.17. The van der Waals surface area contributed by atoms with Crippen LogP contribution in [0.5, 0.6) is 0 Å². The van der Waals surface area contributed by atoms with E-state index < -0.39 is 0 Å². The van der Waals surface area contributed by atoms with E-state index in [1.807, 2.05) is 0 Å². The molecule has 0 radical (unpaired) electrons. The molecule has 0 fully saturated rings. The smallest absolute Gasteiger partial charge is 0.0216 e. The molecule has 15 heavy (non-hydrogen) atoms. The Morgan fingerprint density at radius 1 is 0.933 bits per heavy atom. The van der Waals surface area contributed by atoms with Crippen molar-refractivity contribution in [3.8, 4) is 0 Å². The summed E-state index contributed by atoms with van der Waals surface area (Å²) < 4.78 is 0. The van der Waals surface area contributed by atoms with E-state index in [1.54, 1.807) is 16.7 Å². The second-order valence-electron chi connectivity index (χ2n) is 5.14. The first kappa shape index (κ1) is 10.7. The maximum atomic E-state index is 2.35. The van der Waals surface area contributed by atoms with E-state index in [9.17, 15) is 0 Å². The van der Waals surface area contributed by atoms with Crippen LogP contribution in [0.3, 0.4) is 0 Å². The van der Waals surface area contributed by atoms with Crippen molar-refractivity contribution >= 4 is 0 Å². The minimum absolute atomic E-state index is 0.678. The molecule has 0 aromatic heterocycles. The van der Waals surface area contributed by atoms with Gasteiger partial charge in [0.05, 0.1) is 0 Å². The SMILES string of the molecule is Cc1ccc(C(C)C)c2c1CCCCC2. The van der Waals surface area contributed by atoms with Crippen molar-refractivity contribution < 1.29 is 0 Å². The summed E-state index contributed by atoms with van der Waals surface area (Å²) in [7, 11) is 0. The van der Waals surface area contributed by atoms with Crippen LogP contribution in [0, 0.1) is 6.92 Å². The zero-order valence-electron chi connectivity index (χ0n) is 10.3. The van der Waals surface area contributed by atoms with Crippen LogP contribution >= 0.6 is 0 Å². The van der Waals surface area contributed by atoms with Crippen LogP contribution in [0.25, 0.3) is 0 Å². The maximum Gasteiger partial charge on any atom is -0.0216 e. The summed E-state index contributed by atoms with van der Waals surface area (Å²) in [6.45, 7) is 6.90. The third-order valence-corrected chi connectivity index (χ3v) is 3.68. The zero-order chi connectivity index (χ0) is 10.8. The van der Waals surface area contributed by atoms with Crippen molar-refractivity contribution in [3.63, 3.8) is 0 Å². The van der Waals surface area contributed by atoms with Crippen molar-refractivity contribution in [2.45, 2.75) is 58.8 Å². The first-order valence-corrected chi connectivity index (χ1v) is 6.31. The fraction of sp³-hybridized carbons (Fsp3) is 0.600. The third-order valence-electron chi connectivity index (χ3n) is 3.68. The van der Waals surface area contributed by atoms with Crippen LogP contribution in [-0.2, 0) is 12.8 Å². The molecule has 0 spiro atoms. The molecule has 1 aliphatic carbocycles. The zero-order valence-corrected chi connectivity index (χ0v) is 10.3. The van der Waals surface area contributed by atoms with E-state index in [-0.39, 0.29) is 0 Å². The van der Waals surface area contributed by atoms with Gasteiger partial charge in [-0.2, -0.15) is 0 Å². The molecule has 0 bridgehead atoms. The van der Waals surface area contributed by atoms with E-state index in [1.165, 1.54) is 37.7 Å². The summed E-state index contributed by atoms with van der Waals surface area (Å²) in [5.41, 5.74) is 6.45. The Hall–Kier alpha value is -0.780. The van der Waals surface area contributed by atoms with Gasteiger partial charge in [-0.15, -0.1) is 0 Å². The third kappa shape index (κ3) is 2.09. The molecule has 0 heterocycles. The number of hydrogen-bond donors (Lipinski definition) is 0. The van der Waals surface area contributed by atoms with Crippen LogP contribution in [0.4, 0.5) is 0 Å². The second kappa shape index (κ2) is 4.38. The molecule has 0 unspecified atom stereocenters. The van der Waals surface area contributed by atoms with Crippen molar-refractivity contribution in [2.75, 3.05) is 0 Å². The van der Waals surface area contributed by atoms with Gasteiger partial charge in [0, 0.05) is 0 Å². The van der Waals surface area contributed by atoms with Gasteiger partial charge in [0.1, 0.15) is 0 Å². The number of fused-ring (bicyclic) bond motifs is 1. The van der Waals surface area contributed by atoms with Gasteiger partial charge < -0.3 is 0 Å². The van der Waals surface area contributed by atoms with E-state index in [4.69, 9.17) is 0 Å². The molecule has 82 valence electrons. The Morgan fingerprint density at radius 2 is 1.60 bits per heavy atom. The molecule has 1 aliphatic rings. The number of rotatable bonds is 1. The number of hydrogen-bond acceptors (Lipinski definition) is 0. The Labute approximate surface area is 93.7 Å². The molecule has 0 nitrogen and oxygen atoms in total. The first-order chi connectivity index (χ1) is 7.20. The Bertz CT molecular complexity index is 347. The molecule has 0 aliphatic heterocycles. The Balaban J connectivity index is 2.51. The number of aryl methyl sites for hydroxylation is 1. The summed E-state index contributed by atoms with van der Waals surface area (Å²) in [5, 5.41) is 0. The fourth-order valence-corrected chi connectivity index (χ4v) is 2.79. The van der Waals surface area contributed by atoms with Gasteiger partial charge in [-0.1, -0.05) is 32.4 Å². The highest BCUT2D eigenvalue weighted by Crippen LogP contribution is 2.30. The maximum absolute atomic E-state index is 2.35. The summed E-state index contributed by atoms with van der Waals surface area (Å²) >= 11 is 0. The highest BCUT2D eigenvalue weighted by Gasteiger charge is 2.15. The van der Waals surface area contributed by atoms with Gasteiger partial charge in [-0.05, 0) is 60.8 Å². The largest absolute Gasteiger partial charge is 0.0587 e. The lowest BCUT2D eigenvalue weighted by atomic mass is 9.88. The summed E-state index contributed by atoms with van der Waals surface area (Å²) in [4.78, 5) is 0. The van der Waals surface area contributed by atoms with Crippen LogP contribution in [0.2, 0.25) is 0 Å². The molecular formula is C15H22. The lowest BCUT2D eigenvalue weighted by Crippen LogP contribution is -2.02. The van der Waals surface area contributed by atoms with Gasteiger partial charge in [0.15, 0.2) is 0 Å². The van der Waals surface area contributed by atoms with Gasteiger partial charge in [0.25, 0.3) is 0 Å². The molecular weight excluding hydrogens is 180 g/mol. The Morgan fingerprint density at radius 3 is 2.27 bits per heavy atom. The minimum Gasteiger partial charge on any atom is -0.0587 e. The molecule has 0 amide bonds. The number of benzene rings is 1. The molecule has 0 N–H and O–H groups in total. The quantitative estimate of drug-likeness (QED) is 0.593. The molecule has 0 saturated heterocycles. The lowest BCUT2D eigenvalue weighted by molar-refractivity contribution is 0.708. The van der Waals surface area contributed by atoms with Gasteiger partial charge in [-0.25, -0.2) is 0 Å². The van der Waals surface area contributed by atoms with E-state index >= 15 is 0 Å². The second-order valence-corrected chi connectivity index (χ2v) is 5.14. The minimum atomic E-state index is 0.678. The monoisotopic (exact) mass is 202 g/mol. The van der Waals surface area contributed by atoms with Crippen molar-refractivity contribution in [1.29, 1.82) is 0 Å². The summed E-state index contributed by atoms with van der Waals surface area (Å²) in [5.74, 6) is 0.678. The summed E-state index contributed by atoms with van der Waals surface area (Å²) in [6, 6.07) is 4.67. The molecule has 0 heteroatoms. The van der Waals surface area contributed by atoms with Crippen LogP contribution in [0.15, 0.2) is 12.1 Å². The van der Waals surface area contributed by atoms with Gasteiger partial charge in [0.2, 0.25) is 0 Å². The fourth-order valence-electron chi connectivity index (χ4n) is 2.79. The standard InChI is InChI=1S/C15H22/c1-11(2)13-10-9-12(3)14-7-5-4-6-8-15(13)14/h9-11H,4-8H2,1-3H3. The highest BCUT2D eigenvalue weighted by atomic mass is 14.2. The van der Waals surface area contributed by atoms with E-state index in [0.29, 0.717) is 5.92 Å². The first-order valence-electron chi connectivity index (χ1n) is 6.31. The highest BCUT2D eigenvalue weighted by molar-refractivity contribution is 5.42. The predicted molar refractivity (Wildman–Crippen MR) is 66.5 cm³/mol. The van der Waals surface area contributed by atoms with Gasteiger partial charge >= 0.3 is 0 Å². The molecule has 2 rings (SSSR count). The molecule has 0 atom stereocenters. The van der Waals surface area contributed by atoms with Crippen LogP contribution < -0.4 is 0 Å². The molecule has 0 saturated carbocycles. The van der Waals surface area contributed by atoms with Crippen molar-refractivity contribution in [2.24, 2.45) is 0 Å². The normalized spacial score (nSPS) is 16.3. The Kier molecular flexibility index (Phi) is 3.14. The van der Waals surface area contributed by atoms with E-state index in [2.05, 4.69) is 32.9 Å². The van der Waals surface area contributed by atoms with Crippen molar-refractivity contribution in [3.05, 3.63) is 34.4 Å². The molecule has 1 aromatic carbocycles. The average molecular weight is 202 g/mol. The van der Waals surface area contributed by atoms with Crippen LogP contribution in [-0.4, -0.2) is 0 Å². The topological polar surface area (TPSA) is 0 Å². The van der Waals surface area contributed by atoms with Crippen LogP contribution in [0.1, 0.15) is 61.3 Å². The predicted octanol–water partition coefficient (Wildman–Crippen LogP) is 4.39. The average Bonchev–Trinajstić information content (AvgIpc) is 2.43. The van der Waals surface area contributed by atoms with Crippen molar-refractivity contribution in [1.82, 2.24) is 0 Å². The summed E-state index contributed by atoms with van der Waals surface area (Å²) in [6.07, 6.45) is 6.80. The van der Waals surface area contributed by atoms with Gasteiger partial charge in [-0.3, -0.25) is 0 Å².